The van der Waals surface area contributed by atoms with Crippen molar-refractivity contribution in [3.63, 3.8) is 0 Å². The van der Waals surface area contributed by atoms with Gasteiger partial charge in [-0.15, -0.1) is 0 Å². The first-order valence-corrected chi connectivity index (χ1v) is 5.96. The Bertz CT molecular complexity index is 474. The summed E-state index contributed by atoms with van der Waals surface area (Å²) in [7, 11) is 1.16. The monoisotopic (exact) mass is 291 g/mol. The SMILES string of the molecule is CCOC(=O)C(N)Cc1ccc(OC)c(C(F)(F)F)c1. The Labute approximate surface area is 114 Å². The van der Waals surface area contributed by atoms with E-state index >= 15 is 0 Å². The van der Waals surface area contributed by atoms with Crippen LogP contribution in [0.25, 0.3) is 0 Å². The zero-order chi connectivity index (χ0) is 15.3. The number of hydrogen-bond acceptors (Lipinski definition) is 4. The van der Waals surface area contributed by atoms with Crippen LogP contribution in [-0.2, 0) is 22.1 Å². The minimum atomic E-state index is -4.53. The lowest BCUT2D eigenvalue weighted by molar-refractivity contribution is -0.144. The van der Waals surface area contributed by atoms with Gasteiger partial charge in [0.1, 0.15) is 11.8 Å². The van der Waals surface area contributed by atoms with E-state index in [0.717, 1.165) is 13.2 Å². The summed E-state index contributed by atoms with van der Waals surface area (Å²) >= 11 is 0. The summed E-state index contributed by atoms with van der Waals surface area (Å²) in [6.45, 7) is 1.79. The normalized spacial score (nSPS) is 12.9. The number of methoxy groups -OCH3 is 1. The molecule has 20 heavy (non-hydrogen) atoms. The standard InChI is InChI=1S/C13H16F3NO3/c1-3-20-12(18)10(17)7-8-4-5-11(19-2)9(6-8)13(14,15)16/h4-6,10H,3,7,17H2,1-2H3. The third-order valence-electron chi connectivity index (χ3n) is 2.61. The average Bonchev–Trinajstić information content (AvgIpc) is 2.37. The van der Waals surface area contributed by atoms with Crippen molar-refractivity contribution in [1.29, 1.82) is 0 Å². The first-order valence-electron chi connectivity index (χ1n) is 5.96. The van der Waals surface area contributed by atoms with Crippen molar-refractivity contribution in [3.8, 4) is 5.75 Å². The molecule has 0 fully saturated rings. The van der Waals surface area contributed by atoms with Crippen molar-refractivity contribution in [1.82, 2.24) is 0 Å². The molecule has 0 amide bonds. The molecule has 0 heterocycles. The van der Waals surface area contributed by atoms with Crippen molar-refractivity contribution in [3.05, 3.63) is 29.3 Å². The van der Waals surface area contributed by atoms with E-state index in [1.807, 2.05) is 0 Å². The van der Waals surface area contributed by atoms with E-state index in [1.165, 1.54) is 12.1 Å². The summed E-state index contributed by atoms with van der Waals surface area (Å²) in [4.78, 5) is 11.4. The molecule has 0 aliphatic carbocycles. The Balaban J connectivity index is 2.95. The molecular weight excluding hydrogens is 275 g/mol. The molecule has 0 saturated heterocycles. The summed E-state index contributed by atoms with van der Waals surface area (Å²) in [5.41, 5.74) is 4.97. The fraction of sp³-hybridized carbons (Fsp3) is 0.462. The molecule has 0 aliphatic heterocycles. The van der Waals surface area contributed by atoms with Crippen LogP contribution in [0.5, 0.6) is 5.75 Å². The summed E-state index contributed by atoms with van der Waals surface area (Å²) in [6, 6.07) is 2.57. The number of halogens is 3. The molecule has 0 spiro atoms. The number of nitrogens with two attached hydrogens (primary N) is 1. The molecule has 0 bridgehead atoms. The zero-order valence-corrected chi connectivity index (χ0v) is 11.2. The first kappa shape index (κ1) is 16.3. The Kier molecular flexibility index (Phi) is 5.38. The van der Waals surface area contributed by atoms with Gasteiger partial charge in [0.25, 0.3) is 0 Å². The highest BCUT2D eigenvalue weighted by Gasteiger charge is 2.34. The van der Waals surface area contributed by atoms with Crippen molar-refractivity contribution >= 4 is 5.97 Å². The molecule has 0 radical (unpaired) electrons. The molecule has 1 aromatic rings. The molecule has 112 valence electrons. The minimum absolute atomic E-state index is 0.0358. The molecule has 0 aliphatic rings. The summed E-state index contributed by atoms with van der Waals surface area (Å²) in [6.07, 6.45) is -4.57. The van der Waals surface area contributed by atoms with E-state index < -0.39 is 23.8 Å². The molecule has 2 N–H and O–H groups in total. The van der Waals surface area contributed by atoms with Crippen LogP contribution in [0.4, 0.5) is 13.2 Å². The van der Waals surface area contributed by atoms with Gasteiger partial charge in [-0.2, -0.15) is 13.2 Å². The zero-order valence-electron chi connectivity index (χ0n) is 11.2. The molecular formula is C13H16F3NO3. The lowest BCUT2D eigenvalue weighted by atomic mass is 10.0. The maximum absolute atomic E-state index is 12.8. The maximum atomic E-state index is 12.8. The number of benzene rings is 1. The molecule has 0 saturated carbocycles. The molecule has 0 aromatic heterocycles. The molecule has 4 nitrogen and oxygen atoms in total. The van der Waals surface area contributed by atoms with Crippen LogP contribution in [0.1, 0.15) is 18.1 Å². The van der Waals surface area contributed by atoms with E-state index in [9.17, 15) is 18.0 Å². The van der Waals surface area contributed by atoms with Gasteiger partial charge in [-0.25, -0.2) is 0 Å². The van der Waals surface area contributed by atoms with Gasteiger partial charge in [0, 0.05) is 0 Å². The highest BCUT2D eigenvalue weighted by molar-refractivity contribution is 5.75. The second-order valence-corrected chi connectivity index (χ2v) is 4.10. The van der Waals surface area contributed by atoms with Crippen molar-refractivity contribution in [2.24, 2.45) is 5.73 Å². The van der Waals surface area contributed by atoms with Crippen molar-refractivity contribution < 1.29 is 27.4 Å². The second kappa shape index (κ2) is 6.60. The highest BCUT2D eigenvalue weighted by Crippen LogP contribution is 2.36. The largest absolute Gasteiger partial charge is 0.496 e. The summed E-state index contributed by atoms with van der Waals surface area (Å²) < 4.78 is 47.9. The van der Waals surface area contributed by atoms with Crippen LogP contribution >= 0.6 is 0 Å². The Morgan fingerprint density at radius 2 is 2.05 bits per heavy atom. The maximum Gasteiger partial charge on any atom is 0.419 e. The van der Waals surface area contributed by atoms with Gasteiger partial charge in [0.15, 0.2) is 0 Å². The minimum Gasteiger partial charge on any atom is -0.496 e. The summed E-state index contributed by atoms with van der Waals surface area (Å²) in [5, 5.41) is 0. The smallest absolute Gasteiger partial charge is 0.419 e. The Morgan fingerprint density at radius 3 is 2.55 bits per heavy atom. The number of carbonyl (C=O) groups is 1. The Hall–Kier alpha value is -1.76. The van der Waals surface area contributed by atoms with Crippen LogP contribution in [0.2, 0.25) is 0 Å². The van der Waals surface area contributed by atoms with Crippen LogP contribution in [0.15, 0.2) is 18.2 Å². The Morgan fingerprint density at radius 1 is 1.40 bits per heavy atom. The van der Waals surface area contributed by atoms with Gasteiger partial charge in [0.2, 0.25) is 0 Å². The van der Waals surface area contributed by atoms with Gasteiger partial charge < -0.3 is 15.2 Å². The molecule has 1 rings (SSSR count). The summed E-state index contributed by atoms with van der Waals surface area (Å²) in [5.74, 6) is -0.914. The quantitative estimate of drug-likeness (QED) is 0.844. The third kappa shape index (κ3) is 4.12. The van der Waals surface area contributed by atoms with E-state index in [1.54, 1.807) is 6.92 Å². The molecule has 7 heteroatoms. The molecule has 1 unspecified atom stereocenters. The number of rotatable bonds is 5. The molecule has 1 atom stereocenters. The van der Waals surface area contributed by atoms with E-state index in [4.69, 9.17) is 10.5 Å². The van der Waals surface area contributed by atoms with Gasteiger partial charge >= 0.3 is 12.1 Å². The van der Waals surface area contributed by atoms with E-state index in [2.05, 4.69) is 4.74 Å². The lowest BCUT2D eigenvalue weighted by Crippen LogP contribution is -2.34. The number of ether oxygens (including phenoxy) is 2. The van der Waals surface area contributed by atoms with Gasteiger partial charge in [-0.05, 0) is 31.0 Å². The van der Waals surface area contributed by atoms with Crippen LogP contribution < -0.4 is 10.5 Å². The topological polar surface area (TPSA) is 61.5 Å². The average molecular weight is 291 g/mol. The van der Waals surface area contributed by atoms with Crippen molar-refractivity contribution in [2.75, 3.05) is 13.7 Å². The van der Waals surface area contributed by atoms with Crippen LogP contribution in [0, 0.1) is 0 Å². The van der Waals surface area contributed by atoms with Gasteiger partial charge in [-0.3, -0.25) is 4.79 Å². The molecule has 1 aromatic carbocycles. The predicted octanol–water partition coefficient (Wildman–Crippen LogP) is 2.15. The third-order valence-corrected chi connectivity index (χ3v) is 2.61. The lowest BCUT2D eigenvalue weighted by Gasteiger charge is -2.15. The van der Waals surface area contributed by atoms with Crippen LogP contribution in [-0.4, -0.2) is 25.7 Å². The number of esters is 1. The number of alkyl halides is 3. The first-order chi connectivity index (χ1) is 9.29. The fourth-order valence-electron chi connectivity index (χ4n) is 1.69. The van der Waals surface area contributed by atoms with Crippen LogP contribution in [0.3, 0.4) is 0 Å². The number of hydrogen-bond donors (Lipinski definition) is 1. The number of carbonyl (C=O) groups excluding carboxylic acids is 1. The van der Waals surface area contributed by atoms with E-state index in [-0.39, 0.29) is 18.8 Å². The second-order valence-electron chi connectivity index (χ2n) is 4.10. The van der Waals surface area contributed by atoms with Gasteiger partial charge in [-0.1, -0.05) is 6.07 Å². The van der Waals surface area contributed by atoms with Crippen molar-refractivity contribution in [2.45, 2.75) is 25.6 Å². The fourth-order valence-corrected chi connectivity index (χ4v) is 1.69. The van der Waals surface area contributed by atoms with E-state index in [0.29, 0.717) is 5.56 Å². The highest BCUT2D eigenvalue weighted by atomic mass is 19.4. The predicted molar refractivity (Wildman–Crippen MR) is 66.3 cm³/mol. The van der Waals surface area contributed by atoms with Gasteiger partial charge in [0.05, 0.1) is 19.3 Å².